The molecule has 258 valence electrons. The van der Waals surface area contributed by atoms with Crippen molar-refractivity contribution in [1.29, 1.82) is 0 Å². The van der Waals surface area contributed by atoms with E-state index in [0.717, 1.165) is 11.1 Å². The Hall–Kier alpha value is -6.62. The first-order valence-electron chi connectivity index (χ1n) is 15.0. The zero-order chi connectivity index (χ0) is 36.5. The van der Waals surface area contributed by atoms with Gasteiger partial charge in [0.1, 0.15) is 45.4 Å². The Morgan fingerprint density at radius 1 is 0.460 bits per heavy atom. The van der Waals surface area contributed by atoms with Crippen LogP contribution in [0.1, 0.15) is 42.2 Å². The van der Waals surface area contributed by atoms with Crippen LogP contribution in [0.2, 0.25) is 0 Å². The minimum absolute atomic E-state index is 0.0791. The van der Waals surface area contributed by atoms with Gasteiger partial charge in [0.05, 0.1) is 21.3 Å². The van der Waals surface area contributed by atoms with Crippen LogP contribution >= 0.6 is 0 Å². The standard InChI is InChI=1S/C16H14O5.C14H12O3.C9H10O3/c1-11-7-9-12(10-8-11)20-16(18)21-14-6-4-3-5-13(14)15(17)19-2;1-10-6-8-11(9-7-10)17-14(16)12-4-2-3-5-13(12)15;1-11-8-6-4-3-5-7(8)9(10)12-2/h3-10H,1-2H3;2-9,15H,1H3;3-6H,1-2H3. The predicted molar refractivity (Wildman–Crippen MR) is 184 cm³/mol. The largest absolute Gasteiger partial charge is 0.519 e. The fraction of sp³-hybridized carbons (Fsp3) is 0.128. The predicted octanol–water partition coefficient (Wildman–Crippen LogP) is 7.76. The summed E-state index contributed by atoms with van der Waals surface area (Å²) in [5.74, 6) is -0.173. The Labute approximate surface area is 289 Å². The molecule has 0 aliphatic carbocycles. The summed E-state index contributed by atoms with van der Waals surface area (Å²) < 4.78 is 29.4. The molecule has 0 aliphatic rings. The fourth-order valence-electron chi connectivity index (χ4n) is 3.99. The van der Waals surface area contributed by atoms with E-state index in [2.05, 4.69) is 9.47 Å². The number of ether oxygens (including phenoxy) is 6. The molecule has 50 heavy (non-hydrogen) atoms. The summed E-state index contributed by atoms with van der Waals surface area (Å²) >= 11 is 0. The lowest BCUT2D eigenvalue weighted by Crippen LogP contribution is -2.16. The highest BCUT2D eigenvalue weighted by molar-refractivity contribution is 5.94. The molecule has 0 spiro atoms. The second-order valence-electron chi connectivity index (χ2n) is 10.2. The number of benzene rings is 5. The van der Waals surface area contributed by atoms with Gasteiger partial charge in [0.15, 0.2) is 0 Å². The van der Waals surface area contributed by atoms with Crippen molar-refractivity contribution < 1.29 is 52.7 Å². The number of carbonyl (C=O) groups is 4. The van der Waals surface area contributed by atoms with Gasteiger partial charge in [-0.1, -0.05) is 71.8 Å². The Morgan fingerprint density at radius 3 is 1.36 bits per heavy atom. The number of rotatable bonds is 7. The summed E-state index contributed by atoms with van der Waals surface area (Å²) in [6.07, 6.45) is -0.921. The van der Waals surface area contributed by atoms with Crippen molar-refractivity contribution in [2.24, 2.45) is 0 Å². The van der Waals surface area contributed by atoms with E-state index in [-0.39, 0.29) is 28.6 Å². The molecule has 0 aliphatic heterocycles. The smallest absolute Gasteiger partial charge is 0.507 e. The molecule has 0 unspecified atom stereocenters. The number of phenols is 1. The van der Waals surface area contributed by atoms with Crippen LogP contribution in [0, 0.1) is 13.8 Å². The average Bonchev–Trinajstić information content (AvgIpc) is 3.13. The SMILES string of the molecule is COC(=O)c1ccccc1OC.COC(=O)c1ccccc1OC(=O)Oc1ccc(C)cc1.Cc1ccc(OC(=O)c2ccccc2O)cc1. The van der Waals surface area contributed by atoms with Crippen molar-refractivity contribution >= 4 is 24.1 Å². The van der Waals surface area contributed by atoms with Gasteiger partial charge in [0.2, 0.25) is 0 Å². The number of methoxy groups -OCH3 is 3. The Bertz CT molecular complexity index is 1880. The number of carbonyl (C=O) groups excluding carboxylic acids is 4. The molecular formula is C39H36O11. The third kappa shape index (κ3) is 11.6. The topological polar surface area (TPSA) is 144 Å². The van der Waals surface area contributed by atoms with Gasteiger partial charge in [-0.05, 0) is 74.5 Å². The van der Waals surface area contributed by atoms with Crippen LogP contribution in [0.4, 0.5) is 4.79 Å². The van der Waals surface area contributed by atoms with Crippen LogP contribution in [0.3, 0.4) is 0 Å². The molecule has 0 bridgehead atoms. The molecule has 0 fully saturated rings. The number of hydrogen-bond acceptors (Lipinski definition) is 11. The number of phenolic OH excluding ortho intramolecular Hbond substituents is 1. The second-order valence-corrected chi connectivity index (χ2v) is 10.2. The van der Waals surface area contributed by atoms with Crippen molar-refractivity contribution in [2.75, 3.05) is 21.3 Å². The Kier molecular flexibility index (Phi) is 14.6. The maximum atomic E-state index is 11.7. The maximum absolute atomic E-state index is 11.7. The van der Waals surface area contributed by atoms with Crippen LogP contribution in [0.25, 0.3) is 0 Å². The first kappa shape index (κ1) is 37.8. The summed E-state index contributed by atoms with van der Waals surface area (Å²) in [5, 5.41) is 9.50. The zero-order valence-corrected chi connectivity index (χ0v) is 28.1. The van der Waals surface area contributed by atoms with Crippen LogP contribution < -0.4 is 18.9 Å². The normalized spacial score (nSPS) is 9.70. The first-order valence-corrected chi connectivity index (χ1v) is 15.0. The molecule has 0 amide bonds. The van der Waals surface area contributed by atoms with E-state index in [1.165, 1.54) is 45.6 Å². The highest BCUT2D eigenvalue weighted by atomic mass is 16.7. The van der Waals surface area contributed by atoms with Crippen LogP contribution in [-0.2, 0) is 9.47 Å². The fourth-order valence-corrected chi connectivity index (χ4v) is 3.99. The molecule has 5 rings (SSSR count). The first-order chi connectivity index (χ1) is 24.1. The molecule has 0 heterocycles. The van der Waals surface area contributed by atoms with E-state index in [1.54, 1.807) is 72.8 Å². The summed E-state index contributed by atoms with van der Waals surface area (Å²) in [6, 6.07) is 33.6. The van der Waals surface area contributed by atoms with Crippen molar-refractivity contribution in [1.82, 2.24) is 0 Å². The van der Waals surface area contributed by atoms with Crippen LogP contribution in [0.15, 0.2) is 121 Å². The monoisotopic (exact) mass is 680 g/mol. The van der Waals surface area contributed by atoms with Crippen molar-refractivity contribution in [3.63, 3.8) is 0 Å². The Morgan fingerprint density at radius 2 is 0.880 bits per heavy atom. The van der Waals surface area contributed by atoms with Gasteiger partial charge in [-0.3, -0.25) is 0 Å². The third-order valence-electron chi connectivity index (χ3n) is 6.58. The molecule has 0 saturated carbocycles. The molecule has 11 heteroatoms. The van der Waals surface area contributed by atoms with Crippen molar-refractivity contribution in [3.05, 3.63) is 149 Å². The number of aromatic hydroxyl groups is 1. The minimum atomic E-state index is -0.921. The maximum Gasteiger partial charge on any atom is 0.519 e. The minimum Gasteiger partial charge on any atom is -0.507 e. The van der Waals surface area contributed by atoms with Gasteiger partial charge >= 0.3 is 24.1 Å². The van der Waals surface area contributed by atoms with Gasteiger partial charge in [-0.15, -0.1) is 0 Å². The third-order valence-corrected chi connectivity index (χ3v) is 6.58. The molecule has 5 aromatic rings. The molecule has 0 aromatic heterocycles. The number of aryl methyl sites for hydroxylation is 2. The summed E-state index contributed by atoms with van der Waals surface area (Å²) in [5.41, 5.74) is 2.90. The van der Waals surface area contributed by atoms with Gasteiger partial charge < -0.3 is 33.5 Å². The van der Waals surface area contributed by atoms with Gasteiger partial charge in [0.25, 0.3) is 0 Å². The molecule has 5 aromatic carbocycles. The summed E-state index contributed by atoms with van der Waals surface area (Å²) in [4.78, 5) is 46.1. The molecule has 0 saturated heterocycles. The molecule has 11 nitrogen and oxygen atoms in total. The van der Waals surface area contributed by atoms with Crippen molar-refractivity contribution in [3.8, 4) is 28.7 Å². The van der Waals surface area contributed by atoms with Crippen molar-refractivity contribution in [2.45, 2.75) is 13.8 Å². The van der Waals surface area contributed by atoms with E-state index in [9.17, 15) is 24.3 Å². The quantitative estimate of drug-likeness (QED) is 0.102. The molecule has 0 atom stereocenters. The lowest BCUT2D eigenvalue weighted by atomic mass is 10.2. The highest BCUT2D eigenvalue weighted by Crippen LogP contribution is 2.22. The number of hydrogen-bond donors (Lipinski definition) is 1. The molecule has 1 N–H and O–H groups in total. The van der Waals surface area contributed by atoms with E-state index in [0.29, 0.717) is 22.8 Å². The highest BCUT2D eigenvalue weighted by Gasteiger charge is 2.17. The van der Waals surface area contributed by atoms with Crippen LogP contribution in [-0.4, -0.2) is 50.5 Å². The summed E-state index contributed by atoms with van der Waals surface area (Å²) in [7, 11) is 4.11. The number of para-hydroxylation sites is 3. The summed E-state index contributed by atoms with van der Waals surface area (Å²) in [6.45, 7) is 3.88. The van der Waals surface area contributed by atoms with E-state index in [1.807, 2.05) is 38.1 Å². The van der Waals surface area contributed by atoms with Crippen LogP contribution in [0.5, 0.6) is 28.7 Å². The van der Waals surface area contributed by atoms with E-state index >= 15 is 0 Å². The lowest BCUT2D eigenvalue weighted by molar-refractivity contribution is 0.0587. The molecular weight excluding hydrogens is 644 g/mol. The second kappa shape index (κ2) is 19.3. The molecule has 0 radical (unpaired) electrons. The lowest BCUT2D eigenvalue weighted by Gasteiger charge is -2.08. The van der Waals surface area contributed by atoms with Gasteiger partial charge in [-0.25, -0.2) is 19.2 Å². The zero-order valence-electron chi connectivity index (χ0n) is 28.1. The van der Waals surface area contributed by atoms with Gasteiger partial charge in [0, 0.05) is 0 Å². The Balaban J connectivity index is 0.000000211. The van der Waals surface area contributed by atoms with Gasteiger partial charge in [-0.2, -0.15) is 0 Å². The van der Waals surface area contributed by atoms with E-state index in [4.69, 9.17) is 18.9 Å². The average molecular weight is 681 g/mol. The van der Waals surface area contributed by atoms with E-state index < -0.39 is 18.1 Å². The number of esters is 3.